The van der Waals surface area contributed by atoms with Crippen LogP contribution < -0.4 is 20.4 Å². The summed E-state index contributed by atoms with van der Waals surface area (Å²) in [5.41, 5.74) is 2.70. The van der Waals surface area contributed by atoms with Crippen molar-refractivity contribution in [2.45, 2.75) is 12.8 Å². The largest absolute Gasteiger partial charge is 0.359 e. The van der Waals surface area contributed by atoms with Crippen molar-refractivity contribution in [3.8, 4) is 0 Å². The Bertz CT molecular complexity index is 1220. The number of hydrogen-bond donors (Lipinski definition) is 2. The Morgan fingerprint density at radius 2 is 1.03 bits per heavy atom. The van der Waals surface area contributed by atoms with Crippen molar-refractivity contribution < 1.29 is 19.2 Å². The third kappa shape index (κ3) is 5.21. The molecule has 0 atom stereocenters. The van der Waals surface area contributed by atoms with Gasteiger partial charge in [0.1, 0.15) is 0 Å². The van der Waals surface area contributed by atoms with Gasteiger partial charge in [-0.05, 0) is 35.4 Å². The molecule has 0 radical (unpaired) electrons. The highest BCUT2D eigenvalue weighted by Gasteiger charge is 2.43. The standard InChI is InChI=1S/C24H20N4O4S4/c1-25-17(29)11-13-3-7-15(8-4-13)27-21(31)19(35-23(27)33)20-22(32)28(24(34)36-20)16-9-5-14(6-10-16)12-18(30)26-2/h3-10H,11-12H2,1-2H3,(H,25,29)(H,26,30). The van der Waals surface area contributed by atoms with Crippen molar-refractivity contribution in [2.75, 3.05) is 23.9 Å². The third-order valence-electron chi connectivity index (χ3n) is 5.42. The summed E-state index contributed by atoms with van der Waals surface area (Å²) < 4.78 is 0.607. The molecule has 2 aliphatic rings. The van der Waals surface area contributed by atoms with Gasteiger partial charge >= 0.3 is 0 Å². The van der Waals surface area contributed by atoms with E-state index >= 15 is 0 Å². The van der Waals surface area contributed by atoms with E-state index in [9.17, 15) is 19.2 Å². The zero-order valence-electron chi connectivity index (χ0n) is 19.2. The van der Waals surface area contributed by atoms with E-state index in [0.29, 0.717) is 20.0 Å². The van der Waals surface area contributed by atoms with Crippen molar-refractivity contribution in [3.63, 3.8) is 0 Å². The van der Waals surface area contributed by atoms with Crippen molar-refractivity contribution >= 4 is 91.6 Å². The Morgan fingerprint density at radius 1 is 0.694 bits per heavy atom. The number of thiocarbonyl (C=S) groups is 2. The number of likely N-dealkylation sites (N-methyl/N-ethyl adjacent to an activating group) is 2. The number of carbonyl (C=O) groups excluding carboxylic acids is 4. The molecular formula is C24H20N4O4S4. The van der Waals surface area contributed by atoms with E-state index in [1.54, 1.807) is 62.6 Å². The smallest absolute Gasteiger partial charge is 0.272 e. The molecule has 0 unspecified atom stereocenters. The van der Waals surface area contributed by atoms with E-state index in [1.165, 1.54) is 9.80 Å². The molecule has 0 spiro atoms. The fourth-order valence-corrected chi connectivity index (χ4v) is 6.28. The van der Waals surface area contributed by atoms with E-state index in [4.69, 9.17) is 24.4 Å². The molecule has 2 aromatic carbocycles. The average Bonchev–Trinajstić information content (AvgIpc) is 3.33. The number of benzene rings is 2. The summed E-state index contributed by atoms with van der Waals surface area (Å²) in [7, 11) is 3.14. The highest BCUT2D eigenvalue weighted by molar-refractivity contribution is 8.30. The molecule has 0 saturated carbocycles. The van der Waals surface area contributed by atoms with Crippen molar-refractivity contribution in [2.24, 2.45) is 0 Å². The monoisotopic (exact) mass is 556 g/mol. The van der Waals surface area contributed by atoms with Crippen LogP contribution in [0.2, 0.25) is 0 Å². The predicted octanol–water partition coefficient (Wildman–Crippen LogP) is 2.90. The maximum Gasteiger partial charge on any atom is 0.272 e. The predicted molar refractivity (Wildman–Crippen MR) is 151 cm³/mol. The van der Waals surface area contributed by atoms with Gasteiger partial charge in [0, 0.05) is 14.1 Å². The lowest BCUT2D eigenvalue weighted by Crippen LogP contribution is -2.29. The number of amides is 4. The Hall–Kier alpha value is -3.06. The van der Waals surface area contributed by atoms with Gasteiger partial charge in [-0.25, -0.2) is 0 Å². The molecule has 0 aliphatic carbocycles. The molecule has 0 aromatic heterocycles. The fraction of sp³-hybridized carbons (Fsp3) is 0.167. The average molecular weight is 557 g/mol. The molecule has 2 fully saturated rings. The van der Waals surface area contributed by atoms with Crippen LogP contribution in [-0.4, -0.2) is 46.4 Å². The minimum absolute atomic E-state index is 0.114. The van der Waals surface area contributed by atoms with Gasteiger partial charge in [-0.3, -0.25) is 29.0 Å². The molecule has 0 bridgehead atoms. The van der Waals surface area contributed by atoms with E-state index in [1.807, 2.05) is 0 Å². The Kier molecular flexibility index (Phi) is 7.88. The van der Waals surface area contributed by atoms with Crippen molar-refractivity contribution in [3.05, 3.63) is 69.5 Å². The van der Waals surface area contributed by atoms with Gasteiger partial charge in [0.05, 0.1) is 34.0 Å². The van der Waals surface area contributed by atoms with E-state index in [2.05, 4.69) is 10.6 Å². The van der Waals surface area contributed by atoms with E-state index < -0.39 is 11.8 Å². The highest BCUT2D eigenvalue weighted by atomic mass is 32.2. The van der Waals surface area contributed by atoms with Crippen molar-refractivity contribution in [1.82, 2.24) is 10.6 Å². The minimum Gasteiger partial charge on any atom is -0.359 e. The van der Waals surface area contributed by atoms with Gasteiger partial charge < -0.3 is 10.6 Å². The van der Waals surface area contributed by atoms with E-state index in [-0.39, 0.29) is 34.5 Å². The zero-order chi connectivity index (χ0) is 26.0. The molecule has 36 heavy (non-hydrogen) atoms. The molecule has 184 valence electrons. The molecule has 4 rings (SSSR count). The molecule has 2 N–H and O–H groups in total. The second-order valence-electron chi connectivity index (χ2n) is 7.71. The van der Waals surface area contributed by atoms with E-state index in [0.717, 1.165) is 34.7 Å². The van der Waals surface area contributed by atoms with Gasteiger partial charge in [0.2, 0.25) is 11.8 Å². The lowest BCUT2D eigenvalue weighted by atomic mass is 10.1. The molecule has 12 heteroatoms. The second-order valence-corrected chi connectivity index (χ2v) is 11.0. The van der Waals surface area contributed by atoms with Crippen LogP contribution in [0.15, 0.2) is 58.3 Å². The molecule has 2 aromatic rings. The molecule has 4 amide bonds. The van der Waals surface area contributed by atoms with Gasteiger partial charge in [-0.1, -0.05) is 72.2 Å². The highest BCUT2D eigenvalue weighted by Crippen LogP contribution is 2.44. The SMILES string of the molecule is CNC(=O)Cc1ccc(N2C(=O)C(=C3SC(=S)N(c4ccc(CC(=O)NC)cc4)C3=O)SC2=S)cc1. The molecule has 2 saturated heterocycles. The number of rotatable bonds is 6. The molecule has 2 heterocycles. The van der Waals surface area contributed by atoms with Crippen LogP contribution in [0.5, 0.6) is 0 Å². The number of nitrogens with one attached hydrogen (secondary N) is 2. The summed E-state index contributed by atoms with van der Waals surface area (Å²) >= 11 is 13.0. The first kappa shape index (κ1) is 26.0. The second kappa shape index (κ2) is 10.9. The summed E-state index contributed by atoms with van der Waals surface area (Å²) in [5, 5.41) is 5.14. The van der Waals surface area contributed by atoms with Gasteiger partial charge in [0.25, 0.3) is 11.8 Å². The normalized spacial score (nSPS) is 17.7. The summed E-state index contributed by atoms with van der Waals surface area (Å²) in [6.07, 6.45) is 0.453. The maximum atomic E-state index is 13.3. The van der Waals surface area contributed by atoms with Crippen LogP contribution in [-0.2, 0) is 32.0 Å². The third-order valence-corrected chi connectivity index (χ3v) is 8.30. The maximum absolute atomic E-state index is 13.3. The van der Waals surface area contributed by atoms with Gasteiger partial charge in [-0.2, -0.15) is 0 Å². The number of anilines is 2. The van der Waals surface area contributed by atoms with Crippen molar-refractivity contribution in [1.29, 1.82) is 0 Å². The number of hydrogen-bond acceptors (Lipinski definition) is 8. The first-order valence-corrected chi connectivity index (χ1v) is 13.1. The van der Waals surface area contributed by atoms with Crippen LogP contribution in [0.1, 0.15) is 11.1 Å². The summed E-state index contributed by atoms with van der Waals surface area (Å²) in [6.45, 7) is 0. The number of nitrogens with zero attached hydrogens (tertiary/aromatic N) is 2. The Labute approximate surface area is 226 Å². The zero-order valence-corrected chi connectivity index (χ0v) is 22.5. The first-order valence-electron chi connectivity index (χ1n) is 10.7. The Balaban J connectivity index is 1.55. The number of thioether (sulfide) groups is 2. The Morgan fingerprint density at radius 3 is 1.33 bits per heavy atom. The fourth-order valence-electron chi connectivity index (χ4n) is 3.53. The van der Waals surface area contributed by atoms with Crippen LogP contribution in [0.25, 0.3) is 0 Å². The first-order chi connectivity index (χ1) is 17.2. The lowest BCUT2D eigenvalue weighted by molar-refractivity contribution is -0.120. The van der Waals surface area contributed by atoms with Crippen LogP contribution in [0, 0.1) is 0 Å². The van der Waals surface area contributed by atoms with Gasteiger partial charge in [-0.15, -0.1) is 0 Å². The molecule has 8 nitrogen and oxygen atoms in total. The summed E-state index contributed by atoms with van der Waals surface area (Å²) in [5.74, 6) is -1.02. The lowest BCUT2D eigenvalue weighted by Gasteiger charge is -2.15. The molecule has 2 aliphatic heterocycles. The van der Waals surface area contributed by atoms with Crippen LogP contribution in [0.3, 0.4) is 0 Å². The van der Waals surface area contributed by atoms with Gasteiger partial charge in [0.15, 0.2) is 8.64 Å². The van der Waals surface area contributed by atoms with Crippen LogP contribution in [0.4, 0.5) is 11.4 Å². The molecular weight excluding hydrogens is 537 g/mol. The number of carbonyl (C=O) groups is 4. The minimum atomic E-state index is -0.398. The summed E-state index contributed by atoms with van der Waals surface area (Å²) in [6, 6.07) is 13.9. The quantitative estimate of drug-likeness (QED) is 0.414. The topological polar surface area (TPSA) is 98.8 Å². The van der Waals surface area contributed by atoms with Crippen LogP contribution >= 0.6 is 48.0 Å². The summed E-state index contributed by atoms with van der Waals surface area (Å²) in [4.78, 5) is 53.0.